The Morgan fingerprint density at radius 1 is 0.909 bits per heavy atom. The fourth-order valence-corrected chi connectivity index (χ4v) is 0.157. The molecule has 0 aromatic rings. The van der Waals surface area contributed by atoms with E-state index in [-0.39, 0.29) is 16.8 Å². The Kier molecular flexibility index (Phi) is 6.20. The maximum atomic E-state index is 9.78. The molecule has 8 heteroatoms. The van der Waals surface area contributed by atoms with Crippen LogP contribution in [-0.2, 0) is 26.3 Å². The van der Waals surface area contributed by atoms with Crippen LogP contribution < -0.4 is 10.2 Å². The zero-order chi connectivity index (χ0) is 8.15. The van der Waals surface area contributed by atoms with Gasteiger partial charge in [0.25, 0.3) is 12.3 Å². The summed E-state index contributed by atoms with van der Waals surface area (Å²) in [6.07, 6.45) is -6.32. The van der Waals surface area contributed by atoms with Gasteiger partial charge in [0.05, 0.1) is 0 Å². The van der Waals surface area contributed by atoms with E-state index in [9.17, 15) is 24.6 Å². The van der Waals surface area contributed by atoms with Crippen LogP contribution in [0.3, 0.4) is 0 Å². The topological polar surface area (TPSA) is 116 Å². The summed E-state index contributed by atoms with van der Waals surface area (Å²) in [6, 6.07) is 0. The number of hydrogen-bond acceptors (Lipinski definition) is 7. The van der Waals surface area contributed by atoms with Gasteiger partial charge in [-0.15, -0.1) is 0 Å². The predicted molar refractivity (Wildman–Crippen MR) is 18.4 cm³/mol. The molecule has 0 atom stereocenters. The van der Waals surface area contributed by atoms with E-state index in [1.54, 1.807) is 0 Å². The number of ether oxygens (including phenoxy) is 2. The first-order chi connectivity index (χ1) is 4.52. The third-order valence-corrected chi connectivity index (χ3v) is 0.333. The van der Waals surface area contributed by atoms with Crippen LogP contribution in [0.15, 0.2) is 0 Å². The molecule has 0 aromatic carbocycles. The Labute approximate surface area is 70.1 Å². The molecule has 0 N–H and O–H groups in total. The molecule has 1 radical (unpaired) electrons. The molecule has 0 aliphatic heterocycles. The maximum absolute atomic E-state index is 9.78. The Morgan fingerprint density at radius 3 is 1.36 bits per heavy atom. The molecule has 0 fully saturated rings. The van der Waals surface area contributed by atoms with E-state index in [4.69, 9.17) is 0 Å². The second kappa shape index (κ2) is 5.50. The molecule has 7 nitrogen and oxygen atoms in total. The fourth-order valence-electron chi connectivity index (χ4n) is 0.157. The van der Waals surface area contributed by atoms with E-state index >= 15 is 0 Å². The van der Waals surface area contributed by atoms with Crippen molar-refractivity contribution in [1.82, 2.24) is 0 Å². The van der Waals surface area contributed by atoms with Gasteiger partial charge < -0.3 is 29.3 Å². The Morgan fingerprint density at radius 2 is 1.18 bits per heavy atom. The van der Waals surface area contributed by atoms with Gasteiger partial charge in [-0.1, -0.05) is 0 Å². The summed E-state index contributed by atoms with van der Waals surface area (Å²) in [7, 11) is 0. The number of rotatable bonds is 0. The third kappa shape index (κ3) is 8.72. The molecule has 0 spiro atoms. The molecule has 0 aliphatic carbocycles. The summed E-state index contributed by atoms with van der Waals surface area (Å²) in [6.45, 7) is 0. The van der Waals surface area contributed by atoms with E-state index in [1.807, 2.05) is 0 Å². The quantitative estimate of drug-likeness (QED) is 0.327. The second-order valence-corrected chi connectivity index (χ2v) is 0.954. The van der Waals surface area contributed by atoms with Gasteiger partial charge in [0.2, 0.25) is 0 Å². The second-order valence-electron chi connectivity index (χ2n) is 0.954. The average Bonchev–Trinajstić information content (AvgIpc) is 1.58. The average molecular weight is 207 g/mol. The van der Waals surface area contributed by atoms with Gasteiger partial charge >= 0.3 is 22.9 Å². The van der Waals surface area contributed by atoms with Crippen molar-refractivity contribution < 1.29 is 50.8 Å². The van der Waals surface area contributed by atoms with Crippen LogP contribution in [0.4, 0.5) is 14.4 Å². The molecular formula is C3CoO7. The SMILES string of the molecule is O=C([O-])OC(=O)OC(=O)[O-].[Co+2]. The van der Waals surface area contributed by atoms with Crippen molar-refractivity contribution in [3.63, 3.8) is 0 Å². The minimum atomic E-state index is -2.20. The molecule has 0 saturated carbocycles. The molecule has 0 rings (SSSR count). The zero-order valence-corrected chi connectivity index (χ0v) is 5.73. The molecule has 0 heterocycles. The molecule has 0 saturated heterocycles. The minimum Gasteiger partial charge on any atom is -0.467 e. The van der Waals surface area contributed by atoms with Crippen molar-refractivity contribution >= 4 is 18.5 Å². The van der Waals surface area contributed by atoms with Gasteiger partial charge in [-0.25, -0.2) is 4.79 Å². The van der Waals surface area contributed by atoms with Crippen LogP contribution in [0.25, 0.3) is 0 Å². The third-order valence-electron chi connectivity index (χ3n) is 0.333. The monoisotopic (exact) mass is 207 g/mol. The van der Waals surface area contributed by atoms with Gasteiger partial charge in [-0.05, 0) is 0 Å². The largest absolute Gasteiger partial charge is 2.00 e. The minimum absolute atomic E-state index is 0. The molecule has 0 aliphatic rings. The summed E-state index contributed by atoms with van der Waals surface area (Å²) < 4.78 is 6.17. The molecule has 0 amide bonds. The Balaban J connectivity index is 0. The van der Waals surface area contributed by atoms with Gasteiger partial charge in [0, 0.05) is 0 Å². The van der Waals surface area contributed by atoms with Crippen molar-refractivity contribution in [1.29, 1.82) is 0 Å². The van der Waals surface area contributed by atoms with Crippen LogP contribution in [0.5, 0.6) is 0 Å². The van der Waals surface area contributed by atoms with Crippen molar-refractivity contribution in [2.24, 2.45) is 0 Å². The number of carbonyl (C=O) groups excluding carboxylic acids is 3. The first-order valence-electron chi connectivity index (χ1n) is 1.84. The molecule has 11 heavy (non-hydrogen) atoms. The van der Waals surface area contributed by atoms with E-state index in [1.165, 1.54) is 0 Å². The standard InChI is InChI=1S/C3H2O7.Co/c4-1(5)9-3(8)10-2(6)7;/h(H,4,5)(H,6,7);/q;+2/p-2. The zero-order valence-electron chi connectivity index (χ0n) is 4.69. The summed E-state index contributed by atoms with van der Waals surface area (Å²) in [5.41, 5.74) is 0. The van der Waals surface area contributed by atoms with Crippen molar-refractivity contribution in [2.45, 2.75) is 0 Å². The first kappa shape index (κ1) is 12.4. The maximum Gasteiger partial charge on any atom is 2.00 e. The number of hydrogen-bond donors (Lipinski definition) is 0. The van der Waals surface area contributed by atoms with Crippen LogP contribution in [0.1, 0.15) is 0 Å². The number of carbonyl (C=O) groups is 3. The van der Waals surface area contributed by atoms with Gasteiger partial charge in [-0.3, -0.25) is 0 Å². The molecule has 0 unspecified atom stereocenters. The van der Waals surface area contributed by atoms with Gasteiger partial charge in [0.15, 0.2) is 0 Å². The van der Waals surface area contributed by atoms with E-state index in [0.29, 0.717) is 0 Å². The van der Waals surface area contributed by atoms with Crippen molar-refractivity contribution in [3.05, 3.63) is 0 Å². The molecule has 0 bridgehead atoms. The molecule has 0 aromatic heterocycles. The van der Waals surface area contributed by atoms with Crippen molar-refractivity contribution in [2.75, 3.05) is 0 Å². The summed E-state index contributed by atoms with van der Waals surface area (Å²) in [5, 5.41) is 18.7. The normalized spacial score (nSPS) is 7.27. The number of carboxylic acid groups (broad SMARTS) is 2. The molecular weight excluding hydrogens is 207 g/mol. The van der Waals surface area contributed by atoms with Crippen LogP contribution in [0.2, 0.25) is 0 Å². The summed E-state index contributed by atoms with van der Waals surface area (Å²) >= 11 is 0. The van der Waals surface area contributed by atoms with Crippen molar-refractivity contribution in [3.8, 4) is 0 Å². The van der Waals surface area contributed by atoms with Gasteiger partial charge in [0.1, 0.15) is 0 Å². The molecule has 63 valence electrons. The van der Waals surface area contributed by atoms with Crippen LogP contribution in [0, 0.1) is 0 Å². The fraction of sp³-hybridized carbons (Fsp3) is 0. The van der Waals surface area contributed by atoms with Crippen LogP contribution >= 0.6 is 0 Å². The van der Waals surface area contributed by atoms with Gasteiger partial charge in [-0.2, -0.15) is 0 Å². The summed E-state index contributed by atoms with van der Waals surface area (Å²) in [4.78, 5) is 28.5. The van der Waals surface area contributed by atoms with E-state index in [2.05, 4.69) is 9.47 Å². The van der Waals surface area contributed by atoms with Crippen LogP contribution in [-0.4, -0.2) is 18.5 Å². The predicted octanol–water partition coefficient (Wildman–Crippen LogP) is -2.18. The Hall–Kier alpha value is -1.28. The van der Waals surface area contributed by atoms with E-state index < -0.39 is 18.5 Å². The summed E-state index contributed by atoms with van der Waals surface area (Å²) in [5.74, 6) is 0. The Bertz CT molecular complexity index is 157. The smallest absolute Gasteiger partial charge is 0.467 e. The first-order valence-corrected chi connectivity index (χ1v) is 1.84. The van der Waals surface area contributed by atoms with E-state index in [0.717, 1.165) is 0 Å².